The van der Waals surface area contributed by atoms with E-state index >= 15 is 0 Å². The largest absolute Gasteiger partial charge is 0.453 e. The summed E-state index contributed by atoms with van der Waals surface area (Å²) in [7, 11) is 4.91. The van der Waals surface area contributed by atoms with Gasteiger partial charge in [-0.2, -0.15) is 5.10 Å². The number of hydrogen-bond donors (Lipinski definition) is 1. The van der Waals surface area contributed by atoms with Crippen LogP contribution >= 0.6 is 11.6 Å². The molecule has 5 aromatic rings. The van der Waals surface area contributed by atoms with E-state index in [0.717, 1.165) is 21.9 Å². The minimum Gasteiger partial charge on any atom is -0.453 e. The number of likely N-dealkylation sites (tertiary alicyclic amines) is 1. The van der Waals surface area contributed by atoms with Gasteiger partial charge in [-0.1, -0.05) is 17.7 Å². The lowest BCUT2D eigenvalue weighted by atomic mass is 9.95. The Labute approximate surface area is 234 Å². The van der Waals surface area contributed by atoms with Crippen LogP contribution in [0.4, 0.5) is 10.5 Å². The zero-order chi connectivity index (χ0) is 28.3. The molecule has 0 spiro atoms. The molecular weight excluding hydrogens is 534 g/mol. The molecule has 40 heavy (non-hydrogen) atoms. The monoisotopic (exact) mass is 561 g/mol. The van der Waals surface area contributed by atoms with E-state index in [9.17, 15) is 9.59 Å². The van der Waals surface area contributed by atoms with Crippen LogP contribution in [0.1, 0.15) is 30.1 Å². The Balaban J connectivity index is 1.46. The number of amides is 1. The van der Waals surface area contributed by atoms with Crippen molar-refractivity contribution in [2.24, 2.45) is 14.1 Å². The van der Waals surface area contributed by atoms with Crippen LogP contribution < -0.4 is 10.9 Å². The summed E-state index contributed by atoms with van der Waals surface area (Å²) in [4.78, 5) is 36.0. The third kappa shape index (κ3) is 4.15. The second kappa shape index (κ2) is 9.63. The van der Waals surface area contributed by atoms with Gasteiger partial charge in [0.2, 0.25) is 5.82 Å². The van der Waals surface area contributed by atoms with Crippen LogP contribution in [0.15, 0.2) is 41.6 Å². The molecule has 0 aliphatic carbocycles. The number of anilines is 1. The molecule has 0 bridgehead atoms. The first kappa shape index (κ1) is 25.8. The van der Waals surface area contributed by atoms with Crippen LogP contribution in [0.2, 0.25) is 5.15 Å². The first-order chi connectivity index (χ1) is 19.2. The lowest BCUT2D eigenvalue weighted by Crippen LogP contribution is -2.51. The summed E-state index contributed by atoms with van der Waals surface area (Å²) in [6.45, 7) is 4.93. The van der Waals surface area contributed by atoms with Crippen molar-refractivity contribution >= 4 is 45.2 Å². The maximum absolute atomic E-state index is 13.7. The molecule has 1 N–H and O–H groups in total. The average molecular weight is 562 g/mol. The van der Waals surface area contributed by atoms with Crippen molar-refractivity contribution < 1.29 is 9.53 Å². The highest BCUT2D eigenvalue weighted by molar-refractivity contribution is 6.29. The number of carbonyl (C=O) groups is 1. The topological polar surface area (TPSA) is 125 Å². The second-order valence-electron chi connectivity index (χ2n) is 10.1. The van der Waals surface area contributed by atoms with Crippen LogP contribution in [0.3, 0.4) is 0 Å². The average Bonchev–Trinajstić information content (AvgIpc) is 3.53. The van der Waals surface area contributed by atoms with Crippen molar-refractivity contribution in [3.05, 3.63) is 63.4 Å². The number of aryl methyl sites for hydroxylation is 3. The summed E-state index contributed by atoms with van der Waals surface area (Å²) in [5, 5.41) is 15.3. The zero-order valence-electron chi connectivity index (χ0n) is 22.7. The number of aromatic nitrogens is 7. The van der Waals surface area contributed by atoms with E-state index in [0.29, 0.717) is 46.5 Å². The van der Waals surface area contributed by atoms with Crippen LogP contribution in [0.25, 0.3) is 33.3 Å². The summed E-state index contributed by atoms with van der Waals surface area (Å²) in [6.07, 6.45) is 3.04. The smallest absolute Gasteiger partial charge is 0.409 e. The third-order valence-electron chi connectivity index (χ3n) is 7.36. The molecule has 1 unspecified atom stereocenters. The van der Waals surface area contributed by atoms with Crippen LogP contribution in [-0.2, 0) is 18.8 Å². The number of methoxy groups -OCH3 is 1. The Kier molecular flexibility index (Phi) is 6.21. The first-order valence-corrected chi connectivity index (χ1v) is 13.2. The molecule has 1 aliphatic rings. The predicted molar refractivity (Wildman–Crippen MR) is 152 cm³/mol. The predicted octanol–water partition coefficient (Wildman–Crippen LogP) is 3.84. The van der Waals surface area contributed by atoms with Gasteiger partial charge in [-0.3, -0.25) is 14.0 Å². The molecule has 4 aromatic heterocycles. The number of benzene rings is 1. The van der Waals surface area contributed by atoms with Gasteiger partial charge < -0.3 is 15.0 Å². The standard InChI is InChI=1S/C27H28ClN9O3/c1-14-8-17(15(2)31-20-6-7-21(28)32-23(20)24-29-13-34(3)33-24)22-18(9-14)26(38)35(4)25-19(22)10-30-37(25)16-11-36(12-16)27(39)40-5/h6-10,13,15-16,31H,11-12H2,1-5H3. The molecule has 1 aromatic carbocycles. The molecule has 1 amide bonds. The minimum atomic E-state index is -0.373. The zero-order valence-corrected chi connectivity index (χ0v) is 23.5. The Hall–Kier alpha value is -4.45. The summed E-state index contributed by atoms with van der Waals surface area (Å²) in [5.41, 5.74) is 3.75. The van der Waals surface area contributed by atoms with E-state index < -0.39 is 0 Å². The van der Waals surface area contributed by atoms with E-state index in [1.807, 2.05) is 30.7 Å². The molecule has 1 fully saturated rings. The fraction of sp³-hybridized carbons (Fsp3) is 0.333. The van der Waals surface area contributed by atoms with Crippen molar-refractivity contribution in [1.29, 1.82) is 0 Å². The van der Waals surface area contributed by atoms with Gasteiger partial charge in [-0.15, -0.1) is 5.10 Å². The molecule has 5 heterocycles. The molecule has 1 atom stereocenters. The highest BCUT2D eigenvalue weighted by Gasteiger charge is 2.35. The lowest BCUT2D eigenvalue weighted by molar-refractivity contribution is 0.0685. The second-order valence-corrected chi connectivity index (χ2v) is 10.5. The van der Waals surface area contributed by atoms with E-state index in [-0.39, 0.29) is 23.7 Å². The van der Waals surface area contributed by atoms with E-state index in [1.165, 1.54) is 7.11 Å². The molecule has 13 heteroatoms. The van der Waals surface area contributed by atoms with Crippen LogP contribution in [0.5, 0.6) is 0 Å². The molecule has 12 nitrogen and oxygen atoms in total. The van der Waals surface area contributed by atoms with E-state index in [4.69, 9.17) is 16.3 Å². The van der Waals surface area contributed by atoms with E-state index in [2.05, 4.69) is 31.5 Å². The molecule has 6 rings (SSSR count). The van der Waals surface area contributed by atoms with Gasteiger partial charge in [0, 0.05) is 49.4 Å². The first-order valence-electron chi connectivity index (χ1n) is 12.8. The highest BCUT2D eigenvalue weighted by atomic mass is 35.5. The number of carbonyl (C=O) groups excluding carboxylic acids is 1. The maximum atomic E-state index is 13.7. The number of hydrogen-bond acceptors (Lipinski definition) is 8. The summed E-state index contributed by atoms with van der Waals surface area (Å²) in [6, 6.07) is 7.28. The minimum absolute atomic E-state index is 0.0577. The SMILES string of the molecule is COC(=O)N1CC(n2ncc3c4c(C(C)Nc5ccc(Cl)nc5-c5ncn(C)n5)cc(C)cc4c(=O)n(C)c32)C1. The number of fused-ring (bicyclic) bond motifs is 3. The normalized spacial score (nSPS) is 14.5. The van der Waals surface area contributed by atoms with Crippen LogP contribution in [-0.4, -0.2) is 65.3 Å². The van der Waals surface area contributed by atoms with Gasteiger partial charge in [-0.25, -0.2) is 19.4 Å². The van der Waals surface area contributed by atoms with Crippen molar-refractivity contribution in [3.8, 4) is 11.5 Å². The fourth-order valence-electron chi connectivity index (χ4n) is 5.41. The molecule has 1 aliphatic heterocycles. The number of halogens is 1. The quantitative estimate of drug-likeness (QED) is 0.321. The fourth-order valence-corrected chi connectivity index (χ4v) is 5.55. The van der Waals surface area contributed by atoms with Gasteiger partial charge in [0.15, 0.2) is 0 Å². The van der Waals surface area contributed by atoms with Gasteiger partial charge >= 0.3 is 6.09 Å². The Morgan fingerprint density at radius 3 is 2.67 bits per heavy atom. The van der Waals surface area contributed by atoms with Crippen molar-refractivity contribution in [2.45, 2.75) is 25.9 Å². The third-order valence-corrected chi connectivity index (χ3v) is 7.57. The summed E-state index contributed by atoms with van der Waals surface area (Å²) < 4.78 is 9.91. The van der Waals surface area contributed by atoms with Crippen molar-refractivity contribution in [1.82, 2.24) is 39.0 Å². The number of rotatable bonds is 5. The number of nitrogens with zero attached hydrogens (tertiary/aromatic N) is 8. The molecular formula is C27H28ClN9O3. The number of ether oxygens (including phenoxy) is 1. The van der Waals surface area contributed by atoms with E-state index in [1.54, 1.807) is 46.8 Å². The Morgan fingerprint density at radius 2 is 1.98 bits per heavy atom. The molecule has 0 saturated carbocycles. The van der Waals surface area contributed by atoms with Gasteiger partial charge in [0.05, 0.1) is 25.0 Å². The van der Waals surface area contributed by atoms with Gasteiger partial charge in [-0.05, 0) is 43.2 Å². The van der Waals surface area contributed by atoms with Crippen LogP contribution in [0, 0.1) is 6.92 Å². The van der Waals surface area contributed by atoms with Crippen molar-refractivity contribution in [2.75, 3.05) is 25.5 Å². The maximum Gasteiger partial charge on any atom is 0.409 e. The van der Waals surface area contributed by atoms with Gasteiger partial charge in [0.1, 0.15) is 22.8 Å². The summed E-state index contributed by atoms with van der Waals surface area (Å²) in [5.74, 6) is 0.452. The highest BCUT2D eigenvalue weighted by Crippen LogP contribution is 2.35. The number of nitrogens with one attached hydrogen (secondary N) is 1. The van der Waals surface area contributed by atoms with Crippen molar-refractivity contribution in [3.63, 3.8) is 0 Å². The Bertz CT molecular complexity index is 1850. The molecule has 1 saturated heterocycles. The summed E-state index contributed by atoms with van der Waals surface area (Å²) >= 11 is 6.23. The lowest BCUT2D eigenvalue weighted by Gasteiger charge is -2.38. The van der Waals surface area contributed by atoms with Gasteiger partial charge in [0.25, 0.3) is 5.56 Å². The Morgan fingerprint density at radius 1 is 1.20 bits per heavy atom. The molecule has 206 valence electrons. The number of pyridine rings is 2. The molecule has 0 radical (unpaired) electrons.